The van der Waals surface area contributed by atoms with E-state index < -0.39 is 0 Å². The van der Waals surface area contributed by atoms with E-state index in [9.17, 15) is 9.59 Å². The molecule has 1 saturated heterocycles. The Labute approximate surface area is 221 Å². The number of carbonyl (C=O) groups excluding carboxylic acids is 2. The van der Waals surface area contributed by atoms with Crippen LogP contribution in [0.25, 0.3) is 11.3 Å². The summed E-state index contributed by atoms with van der Waals surface area (Å²) in [6.07, 6.45) is 5.56. The van der Waals surface area contributed by atoms with Crippen LogP contribution < -0.4 is 15.5 Å². The summed E-state index contributed by atoms with van der Waals surface area (Å²) < 4.78 is 0. The van der Waals surface area contributed by atoms with E-state index >= 15 is 0 Å². The summed E-state index contributed by atoms with van der Waals surface area (Å²) in [5.74, 6) is 0.524. The number of hydrogen-bond acceptors (Lipinski definition) is 7. The third-order valence-corrected chi connectivity index (χ3v) is 6.33. The number of amides is 2. The maximum Gasteiger partial charge on any atom is 0.227 e. The lowest BCUT2D eigenvalue weighted by molar-refractivity contribution is -0.130. The van der Waals surface area contributed by atoms with Crippen molar-refractivity contribution in [1.29, 1.82) is 0 Å². The number of rotatable bonds is 7. The minimum Gasteiger partial charge on any atom is -0.368 e. The highest BCUT2D eigenvalue weighted by molar-refractivity contribution is 5.89. The Bertz CT molecular complexity index is 1400. The van der Waals surface area contributed by atoms with E-state index in [1.54, 1.807) is 18.6 Å². The topological polar surface area (TPSA) is 103 Å². The molecule has 0 radical (unpaired) electrons. The van der Waals surface area contributed by atoms with Crippen LogP contribution in [0.5, 0.6) is 0 Å². The Morgan fingerprint density at radius 2 is 1.71 bits per heavy atom. The minimum absolute atomic E-state index is 0.107. The fraction of sp³-hybridized carbons (Fsp3) is 0.207. The largest absolute Gasteiger partial charge is 0.368 e. The Kier molecular flexibility index (Phi) is 7.54. The maximum absolute atomic E-state index is 12.7. The molecular weight excluding hydrogens is 478 g/mol. The number of aromatic nitrogens is 3. The molecule has 1 aliphatic heterocycles. The van der Waals surface area contributed by atoms with Crippen LogP contribution in [-0.2, 0) is 16.0 Å². The first kappa shape index (κ1) is 24.9. The van der Waals surface area contributed by atoms with E-state index in [-0.39, 0.29) is 11.8 Å². The molecular formula is C29H29N7O2. The second-order valence-electron chi connectivity index (χ2n) is 9.11. The van der Waals surface area contributed by atoms with Crippen molar-refractivity contribution in [2.75, 3.05) is 41.7 Å². The summed E-state index contributed by atoms with van der Waals surface area (Å²) in [6.45, 7) is 4.38. The summed E-state index contributed by atoms with van der Waals surface area (Å²) in [5.41, 5.74) is 5.35. The first-order valence-corrected chi connectivity index (χ1v) is 12.5. The zero-order valence-electron chi connectivity index (χ0n) is 21.2. The smallest absolute Gasteiger partial charge is 0.227 e. The first-order valence-electron chi connectivity index (χ1n) is 12.5. The molecule has 1 fully saturated rings. The van der Waals surface area contributed by atoms with Gasteiger partial charge in [-0.05, 0) is 48.0 Å². The molecule has 0 spiro atoms. The van der Waals surface area contributed by atoms with Crippen LogP contribution in [0.4, 0.5) is 23.0 Å². The fourth-order valence-corrected chi connectivity index (χ4v) is 4.42. The molecule has 0 atom stereocenters. The highest BCUT2D eigenvalue weighted by atomic mass is 16.2. The summed E-state index contributed by atoms with van der Waals surface area (Å²) in [6, 6.07) is 21.3. The molecule has 2 amide bonds. The second kappa shape index (κ2) is 11.5. The minimum atomic E-state index is -0.107. The van der Waals surface area contributed by atoms with Crippen LogP contribution in [0.1, 0.15) is 12.5 Å². The van der Waals surface area contributed by atoms with Crippen LogP contribution >= 0.6 is 0 Å². The van der Waals surface area contributed by atoms with E-state index in [0.29, 0.717) is 25.5 Å². The van der Waals surface area contributed by atoms with E-state index in [4.69, 9.17) is 0 Å². The average molecular weight is 508 g/mol. The maximum atomic E-state index is 12.7. The SMILES string of the molecule is CC(=O)Nc1ccc(-c2ccnc(Nc3cccc(N4CCN(C(=O)Cc5cccnc5)CC4)c3)n2)cc1. The predicted octanol–water partition coefficient (Wildman–Crippen LogP) is 4.13. The molecule has 2 N–H and O–H groups in total. The van der Waals surface area contributed by atoms with Gasteiger partial charge in [-0.25, -0.2) is 9.97 Å². The molecule has 0 aliphatic carbocycles. The Morgan fingerprint density at radius 1 is 0.895 bits per heavy atom. The molecule has 38 heavy (non-hydrogen) atoms. The van der Waals surface area contributed by atoms with Crippen molar-refractivity contribution in [3.05, 3.63) is 90.9 Å². The molecule has 5 rings (SSSR count). The van der Waals surface area contributed by atoms with Crippen molar-refractivity contribution in [3.63, 3.8) is 0 Å². The molecule has 2 aromatic carbocycles. The van der Waals surface area contributed by atoms with Gasteiger partial charge in [0.05, 0.1) is 12.1 Å². The Balaban J connectivity index is 1.20. The number of nitrogens with zero attached hydrogens (tertiary/aromatic N) is 5. The zero-order valence-corrected chi connectivity index (χ0v) is 21.2. The van der Waals surface area contributed by atoms with Crippen molar-refractivity contribution in [2.45, 2.75) is 13.3 Å². The summed E-state index contributed by atoms with van der Waals surface area (Å²) in [7, 11) is 0. The van der Waals surface area contributed by atoms with Crippen molar-refractivity contribution >= 4 is 34.8 Å². The van der Waals surface area contributed by atoms with Crippen LogP contribution in [0, 0.1) is 0 Å². The number of piperazine rings is 1. The number of nitrogens with one attached hydrogen (secondary N) is 2. The molecule has 1 aliphatic rings. The number of anilines is 4. The monoisotopic (exact) mass is 507 g/mol. The van der Waals surface area contributed by atoms with Gasteiger partial charge in [-0.15, -0.1) is 0 Å². The molecule has 9 heteroatoms. The lowest BCUT2D eigenvalue weighted by Crippen LogP contribution is -2.49. The lowest BCUT2D eigenvalue weighted by Gasteiger charge is -2.36. The quantitative estimate of drug-likeness (QED) is 0.388. The van der Waals surface area contributed by atoms with Crippen molar-refractivity contribution < 1.29 is 9.59 Å². The van der Waals surface area contributed by atoms with Gasteiger partial charge in [-0.2, -0.15) is 0 Å². The standard InChI is InChI=1S/C29H29N7O2/c1-21(37)32-24-9-7-23(8-10-24)27-11-13-31-29(34-27)33-25-5-2-6-26(19-25)35-14-16-36(17-15-35)28(38)18-22-4-3-12-30-20-22/h2-13,19-20H,14-18H2,1H3,(H,32,37)(H,31,33,34). The third kappa shape index (κ3) is 6.31. The summed E-state index contributed by atoms with van der Waals surface area (Å²) in [5, 5.41) is 6.08. The number of pyridine rings is 1. The van der Waals surface area contributed by atoms with Gasteiger partial charge in [-0.1, -0.05) is 24.3 Å². The highest BCUT2D eigenvalue weighted by Crippen LogP contribution is 2.25. The predicted molar refractivity (Wildman–Crippen MR) is 148 cm³/mol. The molecule has 2 aromatic heterocycles. The molecule has 3 heterocycles. The molecule has 0 bridgehead atoms. The van der Waals surface area contributed by atoms with Gasteiger partial charge in [0.15, 0.2) is 0 Å². The van der Waals surface area contributed by atoms with Crippen LogP contribution in [0.3, 0.4) is 0 Å². The number of hydrogen-bond donors (Lipinski definition) is 2. The first-order chi connectivity index (χ1) is 18.5. The van der Waals surface area contributed by atoms with Gasteiger partial charge in [0.1, 0.15) is 0 Å². The molecule has 9 nitrogen and oxygen atoms in total. The second-order valence-corrected chi connectivity index (χ2v) is 9.11. The van der Waals surface area contributed by atoms with Gasteiger partial charge >= 0.3 is 0 Å². The number of carbonyl (C=O) groups is 2. The van der Waals surface area contributed by atoms with E-state index in [2.05, 4.69) is 42.6 Å². The van der Waals surface area contributed by atoms with E-state index in [1.807, 2.05) is 59.5 Å². The summed E-state index contributed by atoms with van der Waals surface area (Å²) in [4.78, 5) is 41.3. The van der Waals surface area contributed by atoms with Crippen molar-refractivity contribution in [1.82, 2.24) is 19.9 Å². The number of benzene rings is 2. The van der Waals surface area contributed by atoms with Gasteiger partial charge in [0.2, 0.25) is 17.8 Å². The van der Waals surface area contributed by atoms with Crippen molar-refractivity contribution in [2.24, 2.45) is 0 Å². The van der Waals surface area contributed by atoms with Crippen LogP contribution in [-0.4, -0.2) is 57.8 Å². The van der Waals surface area contributed by atoms with Crippen LogP contribution in [0.2, 0.25) is 0 Å². The Hall–Kier alpha value is -4.79. The molecule has 0 unspecified atom stereocenters. The van der Waals surface area contributed by atoms with E-state index in [0.717, 1.165) is 47.0 Å². The molecule has 4 aromatic rings. The Morgan fingerprint density at radius 3 is 2.45 bits per heavy atom. The van der Waals surface area contributed by atoms with Gasteiger partial charge in [0, 0.05) is 74.3 Å². The van der Waals surface area contributed by atoms with Crippen LogP contribution in [0.15, 0.2) is 85.3 Å². The third-order valence-electron chi connectivity index (χ3n) is 6.33. The summed E-state index contributed by atoms with van der Waals surface area (Å²) >= 11 is 0. The zero-order chi connectivity index (χ0) is 26.3. The van der Waals surface area contributed by atoms with Gasteiger partial charge in [0.25, 0.3) is 0 Å². The lowest BCUT2D eigenvalue weighted by atomic mass is 10.1. The van der Waals surface area contributed by atoms with Gasteiger partial charge < -0.3 is 20.4 Å². The fourth-order valence-electron chi connectivity index (χ4n) is 4.42. The molecule has 192 valence electrons. The van der Waals surface area contributed by atoms with Crippen molar-refractivity contribution in [3.8, 4) is 11.3 Å². The normalized spacial score (nSPS) is 13.2. The average Bonchev–Trinajstić information content (AvgIpc) is 2.94. The van der Waals surface area contributed by atoms with E-state index in [1.165, 1.54) is 6.92 Å². The molecule has 0 saturated carbocycles. The van der Waals surface area contributed by atoms with Gasteiger partial charge in [-0.3, -0.25) is 14.6 Å². The highest BCUT2D eigenvalue weighted by Gasteiger charge is 2.21.